The fraction of sp³-hybridized carbons (Fsp3) is 0.250. The third kappa shape index (κ3) is 3.24. The zero-order valence-electron chi connectivity index (χ0n) is 6.58. The quantitative estimate of drug-likeness (QED) is 0.541. The molecule has 6 heteroatoms. The van der Waals surface area contributed by atoms with E-state index < -0.39 is 13.9 Å². The summed E-state index contributed by atoms with van der Waals surface area (Å²) in [5.41, 5.74) is 0.00324. The van der Waals surface area contributed by atoms with Crippen LogP contribution in [0.25, 0.3) is 0 Å². The molecule has 0 spiro atoms. The fourth-order valence-corrected chi connectivity index (χ4v) is 1.64. The van der Waals surface area contributed by atoms with Gasteiger partial charge in [-0.1, -0.05) is 59.9 Å². The van der Waals surface area contributed by atoms with Gasteiger partial charge >= 0.3 is 6.18 Å². The van der Waals surface area contributed by atoms with E-state index in [1.165, 1.54) is 12.1 Å². The first-order chi connectivity index (χ1) is 6.21. The normalized spacial score (nSPS) is 13.0. The lowest BCUT2D eigenvalue weighted by Gasteiger charge is -2.13. The third-order valence-electron chi connectivity index (χ3n) is 1.54. The highest BCUT2D eigenvalue weighted by Crippen LogP contribution is 2.44. The summed E-state index contributed by atoms with van der Waals surface area (Å²) in [6, 6.07) is 4.85. The highest BCUT2D eigenvalue weighted by molar-refractivity contribution is 9.38. The summed E-state index contributed by atoms with van der Waals surface area (Å²) in [6.07, 6.45) is -4.29. The maximum atomic E-state index is 12.2. The molecule has 0 bridgehead atoms. The van der Waals surface area contributed by atoms with Crippen LogP contribution in [0.15, 0.2) is 24.3 Å². The van der Waals surface area contributed by atoms with E-state index in [2.05, 4.69) is 47.8 Å². The van der Waals surface area contributed by atoms with Gasteiger partial charge in [-0.25, -0.2) is 0 Å². The van der Waals surface area contributed by atoms with Gasteiger partial charge in [0.2, 0.25) is 0 Å². The predicted molar refractivity (Wildman–Crippen MR) is 59.9 cm³/mol. The lowest BCUT2D eigenvalue weighted by atomic mass is 10.1. The molecule has 0 aliphatic heterocycles. The highest BCUT2D eigenvalue weighted by Gasteiger charge is 2.31. The summed E-state index contributed by atoms with van der Waals surface area (Å²) in [4.78, 5) is 0. The molecule has 1 rings (SSSR count). The van der Waals surface area contributed by atoms with Gasteiger partial charge in [-0.05, 0) is 17.7 Å². The maximum absolute atomic E-state index is 12.2. The molecule has 0 N–H and O–H groups in total. The Morgan fingerprint density at radius 2 is 1.14 bits per heavy atom. The monoisotopic (exact) mass is 394 g/mol. The largest absolute Gasteiger partial charge is 0.416 e. The highest BCUT2D eigenvalue weighted by atomic mass is 80.0. The van der Waals surface area contributed by atoms with Crippen LogP contribution in [-0.4, -0.2) is 0 Å². The molecule has 0 unspecified atom stereocenters. The van der Waals surface area contributed by atoms with E-state index in [0.29, 0.717) is 5.56 Å². The van der Waals surface area contributed by atoms with E-state index in [1.54, 1.807) is 0 Å². The number of alkyl halides is 6. The van der Waals surface area contributed by atoms with Crippen molar-refractivity contribution in [3.8, 4) is 0 Å². The fourth-order valence-electron chi connectivity index (χ4n) is 0.848. The number of rotatable bonds is 0. The van der Waals surface area contributed by atoms with E-state index in [1.807, 2.05) is 0 Å². The van der Waals surface area contributed by atoms with Crippen LogP contribution in [0.2, 0.25) is 0 Å². The van der Waals surface area contributed by atoms with E-state index >= 15 is 0 Å². The first kappa shape index (κ1) is 12.5. The molecule has 1 aromatic rings. The smallest absolute Gasteiger partial charge is 0.166 e. The minimum Gasteiger partial charge on any atom is -0.166 e. The van der Waals surface area contributed by atoms with Gasteiger partial charge in [0, 0.05) is 0 Å². The van der Waals surface area contributed by atoms with Crippen LogP contribution in [0.4, 0.5) is 13.2 Å². The summed E-state index contributed by atoms with van der Waals surface area (Å²) >= 11 is 9.64. The second kappa shape index (κ2) is 4.14. The van der Waals surface area contributed by atoms with Crippen molar-refractivity contribution in [3.05, 3.63) is 35.4 Å². The molecule has 0 nitrogen and oxygen atoms in total. The second-order valence-corrected chi connectivity index (χ2v) is 9.33. The van der Waals surface area contributed by atoms with Crippen molar-refractivity contribution in [1.29, 1.82) is 0 Å². The van der Waals surface area contributed by atoms with Crippen LogP contribution < -0.4 is 0 Å². The van der Waals surface area contributed by atoms with Crippen molar-refractivity contribution >= 4 is 47.8 Å². The first-order valence-electron chi connectivity index (χ1n) is 3.46. The standard InChI is InChI=1S/C8H4Br3F3/c9-7(10,11)5-1-3-6(4-2-5)8(12,13)14/h1-4H. The molecular weight excluding hydrogens is 393 g/mol. The van der Waals surface area contributed by atoms with Crippen LogP contribution >= 0.6 is 47.8 Å². The third-order valence-corrected chi connectivity index (χ3v) is 2.91. The average Bonchev–Trinajstić information content (AvgIpc) is 2.01. The molecule has 0 aliphatic rings. The Bertz CT molecular complexity index is 277. The first-order valence-corrected chi connectivity index (χ1v) is 5.83. The Morgan fingerprint density at radius 3 is 1.43 bits per heavy atom. The maximum Gasteiger partial charge on any atom is 0.416 e. The summed E-state index contributed by atoms with van der Waals surface area (Å²) in [5.74, 6) is 0. The molecular formula is C8H4Br3F3. The predicted octanol–water partition coefficient (Wildman–Crippen LogP) is 5.00. The Morgan fingerprint density at radius 1 is 0.786 bits per heavy atom. The summed E-state index contributed by atoms with van der Waals surface area (Å²) in [5, 5.41) is 0. The second-order valence-electron chi connectivity index (χ2n) is 2.57. The molecule has 0 saturated heterocycles. The molecule has 0 radical (unpaired) electrons. The van der Waals surface area contributed by atoms with E-state index in [0.717, 1.165) is 12.1 Å². The Balaban J connectivity index is 3.02. The molecule has 0 aliphatic carbocycles. The zero-order valence-corrected chi connectivity index (χ0v) is 11.3. The van der Waals surface area contributed by atoms with E-state index in [9.17, 15) is 13.2 Å². The Labute approximate surface area is 104 Å². The van der Waals surface area contributed by atoms with Crippen LogP contribution in [-0.2, 0) is 8.32 Å². The minimum absolute atomic E-state index is 0.655. The molecule has 0 saturated carbocycles. The van der Waals surface area contributed by atoms with Crippen molar-refractivity contribution in [2.75, 3.05) is 0 Å². The summed E-state index contributed by atoms with van der Waals surface area (Å²) in [7, 11) is 0. The van der Waals surface area contributed by atoms with Gasteiger partial charge in [0.25, 0.3) is 0 Å². The Hall–Kier alpha value is 0.450. The molecule has 1 aromatic carbocycles. The van der Waals surface area contributed by atoms with E-state index in [4.69, 9.17) is 0 Å². The van der Waals surface area contributed by atoms with Crippen LogP contribution in [0, 0.1) is 0 Å². The molecule has 0 aromatic heterocycles. The van der Waals surface area contributed by atoms with Gasteiger partial charge in [-0.15, -0.1) is 0 Å². The number of benzene rings is 1. The summed E-state index contributed by atoms with van der Waals surface area (Å²) in [6.45, 7) is 0. The molecule has 0 fully saturated rings. The number of hydrogen-bond acceptors (Lipinski definition) is 0. The lowest BCUT2D eigenvalue weighted by Crippen LogP contribution is -2.05. The molecule has 0 atom stereocenters. The van der Waals surface area contributed by atoms with Crippen molar-refractivity contribution in [2.45, 2.75) is 8.32 Å². The lowest BCUT2D eigenvalue weighted by molar-refractivity contribution is -0.137. The van der Waals surface area contributed by atoms with Crippen molar-refractivity contribution in [1.82, 2.24) is 0 Å². The molecule has 78 valence electrons. The zero-order chi connectivity index (χ0) is 11.0. The van der Waals surface area contributed by atoms with E-state index in [-0.39, 0.29) is 0 Å². The Kier molecular flexibility index (Phi) is 3.70. The molecule has 0 amide bonds. The number of hydrogen-bond donors (Lipinski definition) is 0. The van der Waals surface area contributed by atoms with Crippen molar-refractivity contribution < 1.29 is 13.2 Å². The van der Waals surface area contributed by atoms with Crippen molar-refractivity contribution in [2.24, 2.45) is 0 Å². The SMILES string of the molecule is FC(F)(F)c1ccc(C(Br)(Br)Br)cc1. The van der Waals surface area contributed by atoms with Gasteiger partial charge in [0.05, 0.1) is 5.56 Å². The van der Waals surface area contributed by atoms with Gasteiger partial charge in [0.15, 0.2) is 2.14 Å². The van der Waals surface area contributed by atoms with Crippen molar-refractivity contribution in [3.63, 3.8) is 0 Å². The van der Waals surface area contributed by atoms with Gasteiger partial charge in [0.1, 0.15) is 0 Å². The van der Waals surface area contributed by atoms with Crippen LogP contribution in [0.1, 0.15) is 11.1 Å². The van der Waals surface area contributed by atoms with Gasteiger partial charge < -0.3 is 0 Å². The van der Waals surface area contributed by atoms with Crippen LogP contribution in [0.5, 0.6) is 0 Å². The summed E-state index contributed by atoms with van der Waals surface area (Å²) < 4.78 is 35.9. The van der Waals surface area contributed by atoms with Gasteiger partial charge in [-0.2, -0.15) is 13.2 Å². The molecule has 0 heterocycles. The number of halogens is 6. The van der Waals surface area contributed by atoms with Crippen LogP contribution in [0.3, 0.4) is 0 Å². The van der Waals surface area contributed by atoms with Gasteiger partial charge in [-0.3, -0.25) is 0 Å². The minimum atomic E-state index is -4.29. The average molecular weight is 397 g/mol. The molecule has 14 heavy (non-hydrogen) atoms. The topological polar surface area (TPSA) is 0 Å².